The maximum atomic E-state index is 11.5. The SMILES string of the molecule is COC(=O)C1Oc2ccccc2C1NC(N)=O. The summed E-state index contributed by atoms with van der Waals surface area (Å²) < 4.78 is 10.0. The molecule has 6 nitrogen and oxygen atoms in total. The molecule has 2 amide bonds. The quantitative estimate of drug-likeness (QED) is 0.724. The van der Waals surface area contributed by atoms with Crippen LogP contribution in [0.25, 0.3) is 0 Å². The summed E-state index contributed by atoms with van der Waals surface area (Å²) in [6.45, 7) is 0. The Hall–Kier alpha value is -2.24. The highest BCUT2D eigenvalue weighted by Crippen LogP contribution is 2.36. The van der Waals surface area contributed by atoms with Crippen LogP contribution in [0.2, 0.25) is 0 Å². The van der Waals surface area contributed by atoms with Gasteiger partial charge in [0.05, 0.1) is 7.11 Å². The van der Waals surface area contributed by atoms with Gasteiger partial charge >= 0.3 is 12.0 Å². The third-order valence-electron chi connectivity index (χ3n) is 2.54. The van der Waals surface area contributed by atoms with Gasteiger partial charge in [-0.05, 0) is 6.07 Å². The summed E-state index contributed by atoms with van der Waals surface area (Å²) in [7, 11) is 1.26. The zero-order valence-electron chi connectivity index (χ0n) is 9.17. The lowest BCUT2D eigenvalue weighted by Gasteiger charge is -2.16. The molecule has 0 spiro atoms. The van der Waals surface area contributed by atoms with Gasteiger partial charge in [-0.15, -0.1) is 0 Å². The van der Waals surface area contributed by atoms with Gasteiger partial charge < -0.3 is 20.5 Å². The number of hydrogen-bond donors (Lipinski definition) is 2. The van der Waals surface area contributed by atoms with Crippen molar-refractivity contribution in [2.45, 2.75) is 12.1 Å². The molecule has 3 N–H and O–H groups in total. The third kappa shape index (κ3) is 2.01. The Balaban J connectivity index is 2.33. The number of carbonyl (C=O) groups excluding carboxylic acids is 2. The summed E-state index contributed by atoms with van der Waals surface area (Å²) >= 11 is 0. The average molecular weight is 236 g/mol. The predicted molar refractivity (Wildman–Crippen MR) is 58.3 cm³/mol. The Morgan fingerprint density at radius 2 is 2.12 bits per heavy atom. The number of nitrogens with one attached hydrogen (secondary N) is 1. The first-order valence-corrected chi connectivity index (χ1v) is 5.03. The predicted octanol–water partition coefficient (Wildman–Crippen LogP) is 0.330. The normalized spacial score (nSPS) is 21.2. The zero-order chi connectivity index (χ0) is 12.4. The molecule has 0 fully saturated rings. The number of carbonyl (C=O) groups is 2. The molecule has 0 bridgehead atoms. The lowest BCUT2D eigenvalue weighted by atomic mass is 10.0. The molecule has 2 unspecified atom stereocenters. The molecule has 17 heavy (non-hydrogen) atoms. The van der Waals surface area contributed by atoms with E-state index in [1.807, 2.05) is 0 Å². The van der Waals surface area contributed by atoms with Crippen molar-refractivity contribution in [2.24, 2.45) is 5.73 Å². The monoisotopic (exact) mass is 236 g/mol. The number of ether oxygens (including phenoxy) is 2. The molecule has 0 saturated carbocycles. The number of para-hydroxylation sites is 1. The van der Waals surface area contributed by atoms with Crippen molar-refractivity contribution < 1.29 is 19.1 Å². The van der Waals surface area contributed by atoms with Crippen LogP contribution in [0.15, 0.2) is 24.3 Å². The van der Waals surface area contributed by atoms with Crippen molar-refractivity contribution in [1.82, 2.24) is 5.32 Å². The first-order chi connectivity index (χ1) is 8.13. The molecule has 0 radical (unpaired) electrons. The molecule has 0 aromatic heterocycles. The average Bonchev–Trinajstić information content (AvgIpc) is 2.67. The molecule has 1 aliphatic heterocycles. The van der Waals surface area contributed by atoms with Gasteiger partial charge in [0, 0.05) is 5.56 Å². The molecule has 1 aromatic rings. The summed E-state index contributed by atoms with van der Waals surface area (Å²) in [5.41, 5.74) is 5.79. The van der Waals surface area contributed by atoms with Crippen molar-refractivity contribution in [1.29, 1.82) is 0 Å². The summed E-state index contributed by atoms with van der Waals surface area (Å²) in [4.78, 5) is 22.5. The number of nitrogens with two attached hydrogens (primary N) is 1. The number of esters is 1. The van der Waals surface area contributed by atoms with Crippen LogP contribution in [0.5, 0.6) is 5.75 Å². The van der Waals surface area contributed by atoms with Crippen LogP contribution in [0.3, 0.4) is 0 Å². The van der Waals surface area contributed by atoms with Crippen LogP contribution >= 0.6 is 0 Å². The molecular formula is C11H12N2O4. The summed E-state index contributed by atoms with van der Waals surface area (Å²) in [5.74, 6) is -0.0124. The Bertz CT molecular complexity index is 461. The molecule has 1 heterocycles. The Kier molecular flexibility index (Phi) is 2.86. The molecule has 2 rings (SSSR count). The van der Waals surface area contributed by atoms with Crippen LogP contribution in [-0.4, -0.2) is 25.2 Å². The van der Waals surface area contributed by atoms with Crippen molar-refractivity contribution in [2.75, 3.05) is 7.11 Å². The number of benzene rings is 1. The van der Waals surface area contributed by atoms with Crippen LogP contribution in [-0.2, 0) is 9.53 Å². The smallest absolute Gasteiger partial charge is 0.349 e. The highest BCUT2D eigenvalue weighted by Gasteiger charge is 2.40. The van der Waals surface area contributed by atoms with E-state index < -0.39 is 24.1 Å². The van der Waals surface area contributed by atoms with Gasteiger partial charge in [0.1, 0.15) is 11.8 Å². The number of fused-ring (bicyclic) bond motifs is 1. The van der Waals surface area contributed by atoms with Crippen molar-refractivity contribution in [3.63, 3.8) is 0 Å². The maximum Gasteiger partial charge on any atom is 0.349 e. The van der Waals surface area contributed by atoms with Gasteiger partial charge in [0.2, 0.25) is 6.10 Å². The molecule has 1 aliphatic rings. The Morgan fingerprint density at radius 1 is 1.41 bits per heavy atom. The summed E-state index contributed by atoms with van der Waals surface area (Å²) in [6, 6.07) is 5.71. The van der Waals surface area contributed by atoms with Gasteiger partial charge in [-0.25, -0.2) is 9.59 Å². The van der Waals surface area contributed by atoms with Crippen LogP contribution in [0, 0.1) is 0 Å². The molecule has 2 atom stereocenters. The topological polar surface area (TPSA) is 90.7 Å². The van der Waals surface area contributed by atoms with Gasteiger partial charge in [0.25, 0.3) is 0 Å². The highest BCUT2D eigenvalue weighted by molar-refractivity contribution is 5.80. The number of rotatable bonds is 2. The van der Waals surface area contributed by atoms with E-state index in [9.17, 15) is 9.59 Å². The molecule has 0 saturated heterocycles. The van der Waals surface area contributed by atoms with Crippen molar-refractivity contribution in [3.8, 4) is 5.75 Å². The van der Waals surface area contributed by atoms with Crippen molar-refractivity contribution in [3.05, 3.63) is 29.8 Å². The molecule has 0 aliphatic carbocycles. The van der Waals surface area contributed by atoms with Crippen LogP contribution in [0.4, 0.5) is 4.79 Å². The molecule has 90 valence electrons. The minimum Gasteiger partial charge on any atom is -0.476 e. The van der Waals surface area contributed by atoms with E-state index in [-0.39, 0.29) is 0 Å². The fourth-order valence-corrected chi connectivity index (χ4v) is 1.82. The van der Waals surface area contributed by atoms with Crippen molar-refractivity contribution >= 4 is 12.0 Å². The summed E-state index contributed by atoms with van der Waals surface area (Å²) in [5, 5.41) is 2.48. The number of methoxy groups -OCH3 is 1. The second-order valence-electron chi connectivity index (χ2n) is 3.59. The number of primary amides is 1. The fourth-order valence-electron chi connectivity index (χ4n) is 1.82. The minimum atomic E-state index is -0.898. The largest absolute Gasteiger partial charge is 0.476 e. The number of urea groups is 1. The van der Waals surface area contributed by atoms with E-state index in [4.69, 9.17) is 10.5 Å². The van der Waals surface area contributed by atoms with Gasteiger partial charge in [0.15, 0.2) is 0 Å². The lowest BCUT2D eigenvalue weighted by Crippen LogP contribution is -2.42. The van der Waals surface area contributed by atoms with Gasteiger partial charge in [-0.3, -0.25) is 0 Å². The summed E-state index contributed by atoms with van der Waals surface area (Å²) in [6.07, 6.45) is -0.898. The van der Waals surface area contributed by atoms with Crippen LogP contribution < -0.4 is 15.8 Å². The number of hydrogen-bond acceptors (Lipinski definition) is 4. The number of amides is 2. The van der Waals surface area contributed by atoms with E-state index >= 15 is 0 Å². The van der Waals surface area contributed by atoms with E-state index in [0.717, 1.165) is 0 Å². The standard InChI is InChI=1S/C11H12N2O4/c1-16-10(14)9-8(13-11(12)15)6-4-2-3-5-7(6)17-9/h2-5,8-9H,1H3,(H3,12,13,15). The van der Waals surface area contributed by atoms with Gasteiger partial charge in [-0.2, -0.15) is 0 Å². The Labute approximate surface area is 97.7 Å². The zero-order valence-corrected chi connectivity index (χ0v) is 9.17. The van der Waals surface area contributed by atoms with Crippen LogP contribution in [0.1, 0.15) is 11.6 Å². The molecule has 1 aromatic carbocycles. The first-order valence-electron chi connectivity index (χ1n) is 5.03. The first kappa shape index (κ1) is 11.3. The molecule has 6 heteroatoms. The maximum absolute atomic E-state index is 11.5. The minimum absolute atomic E-state index is 0.543. The Morgan fingerprint density at radius 3 is 2.76 bits per heavy atom. The lowest BCUT2D eigenvalue weighted by molar-refractivity contribution is -0.149. The van der Waals surface area contributed by atoms with E-state index in [1.165, 1.54) is 7.11 Å². The van der Waals surface area contributed by atoms with E-state index in [2.05, 4.69) is 10.1 Å². The highest BCUT2D eigenvalue weighted by atomic mass is 16.6. The van der Waals surface area contributed by atoms with Gasteiger partial charge in [-0.1, -0.05) is 18.2 Å². The second kappa shape index (κ2) is 4.32. The second-order valence-corrected chi connectivity index (χ2v) is 3.59. The van der Waals surface area contributed by atoms with E-state index in [1.54, 1.807) is 24.3 Å². The third-order valence-corrected chi connectivity index (χ3v) is 2.54. The molecular weight excluding hydrogens is 224 g/mol. The fraction of sp³-hybridized carbons (Fsp3) is 0.273. The van der Waals surface area contributed by atoms with E-state index in [0.29, 0.717) is 11.3 Å².